The Morgan fingerprint density at radius 2 is 1.82 bits per heavy atom. The van der Waals surface area contributed by atoms with E-state index in [4.69, 9.17) is 9.72 Å². The van der Waals surface area contributed by atoms with Crippen LogP contribution in [-0.2, 0) is 21.6 Å². The Morgan fingerprint density at radius 3 is 2.47 bits per heavy atom. The normalized spacial score (nSPS) is 15.5. The summed E-state index contributed by atoms with van der Waals surface area (Å²) in [5.41, 5.74) is 1.25. The van der Waals surface area contributed by atoms with Gasteiger partial charge in [0.25, 0.3) is 5.56 Å². The van der Waals surface area contributed by atoms with Crippen LogP contribution in [0.5, 0.6) is 0 Å². The average Bonchev–Trinajstić information content (AvgIpc) is 2.77. The van der Waals surface area contributed by atoms with Gasteiger partial charge in [-0.3, -0.25) is 9.36 Å². The number of anilines is 2. The number of fused-ring (bicyclic) bond motifs is 1. The van der Waals surface area contributed by atoms with Gasteiger partial charge in [0.15, 0.2) is 15.7 Å². The van der Waals surface area contributed by atoms with Crippen molar-refractivity contribution in [2.45, 2.75) is 24.8 Å². The molecule has 182 valence electrons. The molecule has 0 aliphatic carbocycles. The van der Waals surface area contributed by atoms with Crippen molar-refractivity contribution in [1.82, 2.24) is 9.55 Å². The highest BCUT2D eigenvalue weighted by atomic mass is 32.2. The summed E-state index contributed by atoms with van der Waals surface area (Å²) in [7, 11) is -2.26. The molecule has 34 heavy (non-hydrogen) atoms. The summed E-state index contributed by atoms with van der Waals surface area (Å²) in [6, 6.07) is 4.32. The molecule has 1 fully saturated rings. The van der Waals surface area contributed by atoms with Crippen LogP contribution in [-0.4, -0.2) is 50.5 Å². The zero-order chi connectivity index (χ0) is 24.8. The van der Waals surface area contributed by atoms with Gasteiger partial charge in [-0.1, -0.05) is 6.07 Å². The van der Waals surface area contributed by atoms with Gasteiger partial charge in [-0.2, -0.15) is 0 Å². The quantitative estimate of drug-likeness (QED) is 0.585. The molecule has 0 unspecified atom stereocenters. The van der Waals surface area contributed by atoms with Crippen LogP contribution in [0.3, 0.4) is 0 Å². The molecule has 1 atom stereocenters. The number of ether oxygens (including phenoxy) is 1. The Labute approximate surface area is 196 Å². The third-order valence-corrected chi connectivity index (χ3v) is 6.99. The lowest BCUT2D eigenvalue weighted by atomic mass is 10.0. The lowest BCUT2D eigenvalue weighted by Crippen LogP contribution is -2.40. The first-order valence-electron chi connectivity index (χ1n) is 10.8. The molecule has 1 aliphatic rings. The number of sulfone groups is 1. The van der Waals surface area contributed by atoms with Crippen molar-refractivity contribution in [3.05, 3.63) is 57.4 Å². The molecular formula is C23H26F2N4O4S. The third kappa shape index (κ3) is 4.49. The number of benzene rings is 2. The van der Waals surface area contributed by atoms with E-state index in [0.29, 0.717) is 54.8 Å². The number of aromatic nitrogens is 2. The first kappa shape index (κ1) is 24.1. The third-order valence-electron chi connectivity index (χ3n) is 5.87. The van der Waals surface area contributed by atoms with Gasteiger partial charge in [0.05, 0.1) is 40.7 Å². The number of nitrogens with zero attached hydrogens (tertiary/aromatic N) is 3. The van der Waals surface area contributed by atoms with E-state index in [1.165, 1.54) is 4.57 Å². The van der Waals surface area contributed by atoms with Crippen molar-refractivity contribution in [3.8, 4) is 0 Å². The number of hydrogen-bond donors (Lipinski definition) is 1. The molecule has 1 saturated heterocycles. The molecule has 0 amide bonds. The number of nitrogens with one attached hydrogen (secondary N) is 1. The van der Waals surface area contributed by atoms with Gasteiger partial charge in [0, 0.05) is 38.0 Å². The van der Waals surface area contributed by atoms with Crippen molar-refractivity contribution < 1.29 is 21.9 Å². The van der Waals surface area contributed by atoms with Crippen LogP contribution in [0.15, 0.2) is 34.0 Å². The predicted molar refractivity (Wildman–Crippen MR) is 126 cm³/mol. The van der Waals surface area contributed by atoms with E-state index in [2.05, 4.69) is 5.32 Å². The maximum absolute atomic E-state index is 14.7. The topological polar surface area (TPSA) is 93.5 Å². The minimum absolute atomic E-state index is 0.228. The van der Waals surface area contributed by atoms with E-state index < -0.39 is 32.4 Å². The van der Waals surface area contributed by atoms with Gasteiger partial charge in [-0.05, 0) is 31.5 Å². The minimum atomic E-state index is -3.92. The van der Waals surface area contributed by atoms with E-state index in [0.717, 1.165) is 17.9 Å². The lowest BCUT2D eigenvalue weighted by Gasteiger charge is -2.29. The monoisotopic (exact) mass is 492 g/mol. The molecule has 8 nitrogen and oxygen atoms in total. The molecule has 0 radical (unpaired) electrons. The smallest absolute Gasteiger partial charge is 0.262 e. The van der Waals surface area contributed by atoms with Crippen molar-refractivity contribution in [2.24, 2.45) is 7.05 Å². The molecule has 1 N–H and O–H groups in total. The molecule has 2 aromatic carbocycles. The van der Waals surface area contributed by atoms with Crippen LogP contribution in [0.1, 0.15) is 24.1 Å². The summed E-state index contributed by atoms with van der Waals surface area (Å²) in [4.78, 5) is 19.5. The summed E-state index contributed by atoms with van der Waals surface area (Å²) in [5, 5.41) is 3.27. The Hall–Kier alpha value is -3.05. The van der Waals surface area contributed by atoms with E-state index in [1.54, 1.807) is 20.0 Å². The Morgan fingerprint density at radius 1 is 1.15 bits per heavy atom. The predicted octanol–water partition coefficient (Wildman–Crippen LogP) is 2.93. The van der Waals surface area contributed by atoms with Crippen LogP contribution < -0.4 is 15.8 Å². The largest absolute Gasteiger partial charge is 0.378 e. The molecule has 1 aliphatic heterocycles. The Kier molecular flexibility index (Phi) is 6.34. The van der Waals surface area contributed by atoms with Crippen molar-refractivity contribution in [2.75, 3.05) is 42.8 Å². The SMILES string of the molecule is Cc1cc([C@@H](C)Nc2c(F)cc(F)cc2S(C)(=O)=O)c2nc(N3CCOCC3)n(C)c(=O)c2c1. The first-order valence-corrected chi connectivity index (χ1v) is 12.7. The zero-order valence-corrected chi connectivity index (χ0v) is 20.2. The number of aryl methyl sites for hydroxylation is 1. The average molecular weight is 493 g/mol. The highest BCUT2D eigenvalue weighted by molar-refractivity contribution is 7.90. The zero-order valence-electron chi connectivity index (χ0n) is 19.4. The van der Waals surface area contributed by atoms with Crippen LogP contribution in [0, 0.1) is 18.6 Å². The van der Waals surface area contributed by atoms with Crippen LogP contribution in [0.4, 0.5) is 20.4 Å². The second-order valence-corrected chi connectivity index (χ2v) is 10.5. The fraction of sp³-hybridized carbons (Fsp3) is 0.391. The summed E-state index contributed by atoms with van der Waals surface area (Å²) in [6.45, 7) is 5.73. The van der Waals surface area contributed by atoms with Gasteiger partial charge in [-0.15, -0.1) is 0 Å². The second kappa shape index (κ2) is 8.95. The second-order valence-electron chi connectivity index (χ2n) is 8.52. The van der Waals surface area contributed by atoms with Crippen molar-refractivity contribution in [3.63, 3.8) is 0 Å². The number of hydrogen-bond acceptors (Lipinski definition) is 7. The number of rotatable bonds is 5. The van der Waals surface area contributed by atoms with E-state index in [1.807, 2.05) is 17.9 Å². The molecule has 11 heteroatoms. The molecule has 0 saturated carbocycles. The van der Waals surface area contributed by atoms with Gasteiger partial charge in [0.1, 0.15) is 5.82 Å². The highest BCUT2D eigenvalue weighted by Crippen LogP contribution is 2.32. The van der Waals surface area contributed by atoms with Crippen LogP contribution in [0.25, 0.3) is 10.9 Å². The van der Waals surface area contributed by atoms with Gasteiger partial charge >= 0.3 is 0 Å². The van der Waals surface area contributed by atoms with Gasteiger partial charge < -0.3 is 15.0 Å². The van der Waals surface area contributed by atoms with Gasteiger partial charge in [0.2, 0.25) is 5.95 Å². The van der Waals surface area contributed by atoms with Crippen LogP contribution in [0.2, 0.25) is 0 Å². The van der Waals surface area contributed by atoms with Gasteiger partial charge in [-0.25, -0.2) is 22.2 Å². The number of halogens is 2. The molecule has 4 rings (SSSR count). The van der Waals surface area contributed by atoms with Crippen LogP contribution >= 0.6 is 0 Å². The van der Waals surface area contributed by atoms with E-state index in [9.17, 15) is 22.0 Å². The molecule has 0 spiro atoms. The molecule has 1 aromatic heterocycles. The van der Waals surface area contributed by atoms with Crippen molar-refractivity contribution >= 4 is 32.4 Å². The fourth-order valence-electron chi connectivity index (χ4n) is 4.19. The highest BCUT2D eigenvalue weighted by Gasteiger charge is 2.24. The van der Waals surface area contributed by atoms with E-state index >= 15 is 0 Å². The minimum Gasteiger partial charge on any atom is -0.378 e. The maximum atomic E-state index is 14.7. The standard InChI is InChI=1S/C23H26F2N4O4S/c1-13-9-16(14(2)26-21-18(25)11-15(24)12-19(21)34(4,31)32)20-17(10-13)22(30)28(3)23(27-20)29-5-7-33-8-6-29/h9-12,14,26H,5-8H2,1-4H3/t14-/m1/s1. The summed E-state index contributed by atoms with van der Waals surface area (Å²) >= 11 is 0. The first-order chi connectivity index (χ1) is 16.0. The Bertz CT molecular complexity index is 1430. The summed E-state index contributed by atoms with van der Waals surface area (Å²) in [5.74, 6) is -1.53. The molecule has 3 aromatic rings. The van der Waals surface area contributed by atoms with E-state index in [-0.39, 0.29) is 11.2 Å². The Balaban J connectivity index is 1.87. The maximum Gasteiger partial charge on any atom is 0.262 e. The molecular weight excluding hydrogens is 466 g/mol. The fourth-order valence-corrected chi connectivity index (χ4v) is 5.05. The lowest BCUT2D eigenvalue weighted by molar-refractivity contribution is 0.121. The van der Waals surface area contributed by atoms with Crippen molar-refractivity contribution in [1.29, 1.82) is 0 Å². The summed E-state index contributed by atoms with van der Waals surface area (Å²) < 4.78 is 59.7. The summed E-state index contributed by atoms with van der Waals surface area (Å²) in [6.07, 6.45) is 0.888. The number of morpholine rings is 1. The molecule has 0 bridgehead atoms. The molecule has 2 heterocycles.